The summed E-state index contributed by atoms with van der Waals surface area (Å²) in [5.74, 6) is -1.70. The molecule has 0 radical (unpaired) electrons. The maximum absolute atomic E-state index is 14.6. The largest absolute Gasteiger partial charge is 0.328 e. The van der Waals surface area contributed by atoms with Gasteiger partial charge in [0.05, 0.1) is 17.0 Å². The first-order valence-corrected chi connectivity index (χ1v) is 12.5. The third-order valence-electron chi connectivity index (χ3n) is 6.46. The van der Waals surface area contributed by atoms with E-state index in [9.17, 15) is 17.6 Å². The average Bonchev–Trinajstić information content (AvgIpc) is 3.08. The van der Waals surface area contributed by atoms with Crippen molar-refractivity contribution in [1.29, 1.82) is 0 Å². The molecule has 3 rings (SSSR count). The summed E-state index contributed by atoms with van der Waals surface area (Å²) in [7, 11) is -1.73. The number of carbonyl (C=O) groups is 1. The van der Waals surface area contributed by atoms with Crippen molar-refractivity contribution >= 4 is 27.5 Å². The maximum Gasteiger partial charge on any atom is 0.241 e. The number of halogens is 2. The molecule has 2 aliphatic carbocycles. The number of nitrogens with two attached hydrogens (primary N) is 1. The molecular weight excluding hydrogens is 421 g/mol. The van der Waals surface area contributed by atoms with Crippen LogP contribution in [0.3, 0.4) is 0 Å². The van der Waals surface area contributed by atoms with Crippen LogP contribution in [0.1, 0.15) is 38.5 Å². The Bertz CT molecular complexity index is 684. The van der Waals surface area contributed by atoms with Gasteiger partial charge in [0.25, 0.3) is 0 Å². The summed E-state index contributed by atoms with van der Waals surface area (Å²) in [5, 5.41) is 2.60. The van der Waals surface area contributed by atoms with Crippen LogP contribution in [0.25, 0.3) is 0 Å². The fourth-order valence-electron chi connectivity index (χ4n) is 4.91. The first kappa shape index (κ1) is 23.1. The number of alkyl halides is 2. The topological polar surface area (TPSA) is 117 Å². The predicted octanol–water partition coefficient (Wildman–Crippen LogP) is 0.287. The number of nitrogens with zero attached hydrogens (tertiary/aromatic N) is 1. The Balaban J connectivity index is 1.54. The zero-order valence-corrected chi connectivity index (χ0v) is 18.4. The Hall–Kier alpha value is -0.520. The molecule has 8 nitrogen and oxygen atoms in total. The highest BCUT2D eigenvalue weighted by molar-refractivity contribution is 7.89. The molecule has 29 heavy (non-hydrogen) atoms. The summed E-state index contributed by atoms with van der Waals surface area (Å²) < 4.78 is 39.3. The Labute approximate surface area is 177 Å². The lowest BCUT2D eigenvalue weighted by molar-refractivity contribution is -0.129. The van der Waals surface area contributed by atoms with E-state index in [1.54, 1.807) is 0 Å². The lowest BCUT2D eigenvalue weighted by Gasteiger charge is -2.37. The van der Waals surface area contributed by atoms with Crippen molar-refractivity contribution in [3.05, 3.63) is 0 Å². The van der Waals surface area contributed by atoms with Crippen LogP contribution in [0.15, 0.2) is 0 Å². The van der Waals surface area contributed by atoms with Gasteiger partial charge in [-0.05, 0) is 51.0 Å². The van der Waals surface area contributed by atoms with E-state index in [1.165, 1.54) is 0 Å². The van der Waals surface area contributed by atoms with E-state index in [2.05, 4.69) is 20.5 Å². The fourth-order valence-corrected chi connectivity index (χ4v) is 6.58. The van der Waals surface area contributed by atoms with Gasteiger partial charge in [-0.3, -0.25) is 20.4 Å². The molecule has 0 aromatic heterocycles. The second-order valence-electron chi connectivity index (χ2n) is 8.97. The van der Waals surface area contributed by atoms with Crippen molar-refractivity contribution in [2.75, 3.05) is 26.0 Å². The van der Waals surface area contributed by atoms with Crippen LogP contribution in [0, 0.1) is 17.8 Å². The smallest absolute Gasteiger partial charge is 0.241 e. The monoisotopic (exact) mass is 453 g/mol. The number of amides is 1. The summed E-state index contributed by atoms with van der Waals surface area (Å²) in [4.78, 5) is 16.8. The van der Waals surface area contributed by atoms with E-state index < -0.39 is 33.4 Å². The number of rotatable bonds is 6. The van der Waals surface area contributed by atoms with Crippen molar-refractivity contribution < 1.29 is 17.6 Å². The van der Waals surface area contributed by atoms with Crippen LogP contribution >= 0.6 is 11.6 Å². The molecule has 3 fully saturated rings. The van der Waals surface area contributed by atoms with Crippen molar-refractivity contribution in [1.82, 2.24) is 20.5 Å². The van der Waals surface area contributed by atoms with Crippen LogP contribution in [0.4, 0.5) is 4.39 Å². The second-order valence-corrected chi connectivity index (χ2v) is 11.3. The molecule has 2 saturated carbocycles. The number of sulfonamides is 1. The molecule has 0 aromatic rings. The molecule has 0 spiro atoms. The average molecular weight is 454 g/mol. The SMILES string of the molecule is CN1CNC(C2CC(Cl)C(F)C(C(=O)NNS(=O)(=O)C[C@@H]3CCC[C@@H](N)C3)C2)C1. The first-order chi connectivity index (χ1) is 13.6. The highest BCUT2D eigenvalue weighted by Crippen LogP contribution is 2.37. The Morgan fingerprint density at radius 2 is 2.07 bits per heavy atom. The minimum absolute atomic E-state index is 0.0221. The molecule has 1 amide bonds. The van der Waals surface area contributed by atoms with Gasteiger partial charge in [0, 0.05) is 25.3 Å². The maximum atomic E-state index is 14.6. The molecule has 7 atom stereocenters. The van der Waals surface area contributed by atoms with Gasteiger partial charge in [0.15, 0.2) is 0 Å². The van der Waals surface area contributed by atoms with Gasteiger partial charge >= 0.3 is 0 Å². The zero-order chi connectivity index (χ0) is 21.2. The van der Waals surface area contributed by atoms with E-state index in [0.29, 0.717) is 19.3 Å². The molecule has 3 aliphatic rings. The van der Waals surface area contributed by atoms with E-state index in [-0.39, 0.29) is 29.7 Å². The molecular formula is C18H33ClFN5O3S. The quantitative estimate of drug-likeness (QED) is 0.339. The minimum atomic E-state index is -3.72. The molecule has 1 aliphatic heterocycles. The lowest BCUT2D eigenvalue weighted by Crippen LogP contribution is -2.52. The van der Waals surface area contributed by atoms with Crippen LogP contribution in [0.5, 0.6) is 0 Å². The Kier molecular flexibility index (Phi) is 7.77. The molecule has 0 aromatic carbocycles. The van der Waals surface area contributed by atoms with Gasteiger partial charge in [0.2, 0.25) is 15.9 Å². The van der Waals surface area contributed by atoms with Gasteiger partial charge in [-0.15, -0.1) is 16.4 Å². The van der Waals surface area contributed by atoms with E-state index in [0.717, 1.165) is 32.5 Å². The minimum Gasteiger partial charge on any atom is -0.328 e. The highest BCUT2D eigenvalue weighted by atomic mass is 35.5. The normalized spacial score (nSPS) is 39.4. The van der Waals surface area contributed by atoms with Gasteiger partial charge < -0.3 is 5.73 Å². The van der Waals surface area contributed by atoms with Crippen LogP contribution in [-0.2, 0) is 14.8 Å². The standard InChI is InChI=1S/C18H33ClFN5O3S/c1-25-8-16(22-10-25)12-6-14(17(20)15(19)7-12)18(26)23-24-29(27,28)9-11-3-2-4-13(21)5-11/h11-17,22,24H,2-10,21H2,1H3,(H,23,26)/t11-,12?,13-,14?,15?,16?,17?/m1/s1. The van der Waals surface area contributed by atoms with Gasteiger partial charge in [-0.1, -0.05) is 6.42 Å². The summed E-state index contributed by atoms with van der Waals surface area (Å²) >= 11 is 6.20. The first-order valence-electron chi connectivity index (χ1n) is 10.4. The highest BCUT2D eigenvalue weighted by Gasteiger charge is 2.44. The number of hydrogen-bond acceptors (Lipinski definition) is 6. The number of carbonyl (C=O) groups excluding carboxylic acids is 1. The number of hydrogen-bond donors (Lipinski definition) is 4. The van der Waals surface area contributed by atoms with Gasteiger partial charge in [0.1, 0.15) is 6.17 Å². The van der Waals surface area contributed by atoms with Crippen molar-refractivity contribution in [3.63, 3.8) is 0 Å². The van der Waals surface area contributed by atoms with Crippen molar-refractivity contribution in [2.45, 2.75) is 62.2 Å². The molecule has 1 heterocycles. The fraction of sp³-hybridized carbons (Fsp3) is 0.944. The Morgan fingerprint density at radius 3 is 2.72 bits per heavy atom. The summed E-state index contributed by atoms with van der Waals surface area (Å²) in [6.07, 6.45) is 2.59. The van der Waals surface area contributed by atoms with Crippen LogP contribution in [0.2, 0.25) is 0 Å². The van der Waals surface area contributed by atoms with Crippen molar-refractivity contribution in [2.24, 2.45) is 23.5 Å². The zero-order valence-electron chi connectivity index (χ0n) is 16.8. The number of likely N-dealkylation sites (N-methyl/N-ethyl adjacent to an activating group) is 1. The molecule has 0 bridgehead atoms. The molecule has 168 valence electrons. The van der Waals surface area contributed by atoms with E-state index in [1.807, 2.05) is 7.05 Å². The third-order valence-corrected chi connectivity index (χ3v) is 8.20. The molecule has 11 heteroatoms. The molecule has 5 N–H and O–H groups in total. The third kappa shape index (κ3) is 6.24. The van der Waals surface area contributed by atoms with Crippen molar-refractivity contribution in [3.8, 4) is 0 Å². The van der Waals surface area contributed by atoms with E-state index >= 15 is 0 Å². The van der Waals surface area contributed by atoms with E-state index in [4.69, 9.17) is 17.3 Å². The van der Waals surface area contributed by atoms with Crippen LogP contribution < -0.4 is 21.3 Å². The number of nitrogens with one attached hydrogen (secondary N) is 3. The molecule has 1 saturated heterocycles. The summed E-state index contributed by atoms with van der Waals surface area (Å²) in [6.45, 7) is 1.56. The summed E-state index contributed by atoms with van der Waals surface area (Å²) in [6, 6.07) is 0.171. The Morgan fingerprint density at radius 1 is 1.31 bits per heavy atom. The lowest BCUT2D eigenvalue weighted by atomic mass is 9.76. The summed E-state index contributed by atoms with van der Waals surface area (Å²) in [5.41, 5.74) is 8.14. The molecule has 5 unspecified atom stereocenters. The van der Waals surface area contributed by atoms with Gasteiger partial charge in [-0.25, -0.2) is 12.8 Å². The second kappa shape index (κ2) is 9.74. The van der Waals surface area contributed by atoms with Crippen LogP contribution in [-0.4, -0.2) is 68.9 Å². The van der Waals surface area contributed by atoms with Gasteiger partial charge in [-0.2, -0.15) is 0 Å². The predicted molar refractivity (Wildman–Crippen MR) is 110 cm³/mol. The number of hydrazine groups is 1.